The van der Waals surface area contributed by atoms with E-state index in [-0.39, 0.29) is 24.0 Å². The molecule has 3 fully saturated rings. The number of urea groups is 1. The molecule has 3 saturated heterocycles. The van der Waals surface area contributed by atoms with Crippen LogP contribution in [0.1, 0.15) is 26.2 Å². The highest BCUT2D eigenvalue weighted by Crippen LogP contribution is 2.18. The first-order valence-electron chi connectivity index (χ1n) is 7.24. The van der Waals surface area contributed by atoms with E-state index in [2.05, 4.69) is 17.6 Å². The lowest BCUT2D eigenvalue weighted by atomic mass is 9.98. The lowest BCUT2D eigenvalue weighted by molar-refractivity contribution is -0.136. The molecule has 106 valence electrons. The normalized spacial score (nSPS) is 35.0. The molecule has 0 aromatic carbocycles. The van der Waals surface area contributed by atoms with Gasteiger partial charge in [0.25, 0.3) is 0 Å². The largest absolute Gasteiger partial charge is 0.337 e. The summed E-state index contributed by atoms with van der Waals surface area (Å²) >= 11 is 0. The van der Waals surface area contributed by atoms with Gasteiger partial charge in [0.05, 0.1) is 12.1 Å². The van der Waals surface area contributed by atoms with Gasteiger partial charge in [-0.05, 0) is 26.2 Å². The molecule has 0 bridgehead atoms. The number of hydrogen-bond donors (Lipinski definition) is 2. The van der Waals surface area contributed by atoms with E-state index in [1.807, 2.05) is 9.80 Å². The topological polar surface area (TPSA) is 64.7 Å². The molecule has 0 saturated carbocycles. The van der Waals surface area contributed by atoms with Gasteiger partial charge in [-0.15, -0.1) is 0 Å². The lowest BCUT2D eigenvalue weighted by Crippen LogP contribution is -2.58. The van der Waals surface area contributed by atoms with Gasteiger partial charge in [-0.1, -0.05) is 0 Å². The molecule has 0 aliphatic carbocycles. The Kier molecular flexibility index (Phi) is 3.35. The molecule has 0 aromatic heterocycles. The predicted molar refractivity (Wildman–Crippen MR) is 70.7 cm³/mol. The Hall–Kier alpha value is -1.30. The molecule has 3 aliphatic heterocycles. The second-order valence-corrected chi connectivity index (χ2v) is 5.87. The third kappa shape index (κ3) is 2.41. The van der Waals surface area contributed by atoms with Gasteiger partial charge < -0.3 is 20.4 Å². The van der Waals surface area contributed by atoms with Crippen LogP contribution in [0.25, 0.3) is 0 Å². The summed E-state index contributed by atoms with van der Waals surface area (Å²) in [6.07, 6.45) is 3.21. The molecule has 6 nitrogen and oxygen atoms in total. The SMILES string of the molecule is CC1CCCC(C(=O)N2CCN3C(=O)NCC3C2)N1. The van der Waals surface area contributed by atoms with Crippen molar-refractivity contribution in [3.05, 3.63) is 0 Å². The van der Waals surface area contributed by atoms with Crippen LogP contribution in [0.4, 0.5) is 4.79 Å². The van der Waals surface area contributed by atoms with Crippen molar-refractivity contribution < 1.29 is 9.59 Å². The Bertz CT molecular complexity index is 387. The Balaban J connectivity index is 1.60. The fourth-order valence-corrected chi connectivity index (χ4v) is 3.36. The highest BCUT2D eigenvalue weighted by molar-refractivity contribution is 5.83. The van der Waals surface area contributed by atoms with Crippen LogP contribution in [-0.4, -0.2) is 66.0 Å². The summed E-state index contributed by atoms with van der Waals surface area (Å²) in [4.78, 5) is 27.8. The first-order valence-corrected chi connectivity index (χ1v) is 7.24. The van der Waals surface area contributed by atoms with Crippen LogP contribution in [0.3, 0.4) is 0 Å². The predicted octanol–water partition coefficient (Wildman–Crippen LogP) is -0.247. The minimum atomic E-state index is -0.0274. The van der Waals surface area contributed by atoms with Crippen LogP contribution in [-0.2, 0) is 4.79 Å². The summed E-state index contributed by atoms with van der Waals surface area (Å²) in [6, 6.07) is 0.576. The second kappa shape index (κ2) is 5.00. The fraction of sp³-hybridized carbons (Fsp3) is 0.846. The zero-order chi connectivity index (χ0) is 13.4. The van der Waals surface area contributed by atoms with Crippen molar-refractivity contribution in [3.63, 3.8) is 0 Å². The van der Waals surface area contributed by atoms with Gasteiger partial charge in [-0.2, -0.15) is 0 Å². The van der Waals surface area contributed by atoms with E-state index in [1.54, 1.807) is 0 Å². The smallest absolute Gasteiger partial charge is 0.317 e. The average molecular weight is 266 g/mol. The summed E-state index contributed by atoms with van der Waals surface area (Å²) in [5.41, 5.74) is 0. The first kappa shape index (κ1) is 12.7. The van der Waals surface area contributed by atoms with Crippen molar-refractivity contribution in [3.8, 4) is 0 Å². The maximum absolute atomic E-state index is 12.5. The zero-order valence-corrected chi connectivity index (χ0v) is 11.4. The maximum Gasteiger partial charge on any atom is 0.317 e. The van der Waals surface area contributed by atoms with Gasteiger partial charge in [0.15, 0.2) is 0 Å². The van der Waals surface area contributed by atoms with Crippen LogP contribution in [0.5, 0.6) is 0 Å². The molecule has 19 heavy (non-hydrogen) atoms. The molecule has 2 N–H and O–H groups in total. The number of fused-ring (bicyclic) bond motifs is 1. The lowest BCUT2D eigenvalue weighted by Gasteiger charge is -2.39. The zero-order valence-electron chi connectivity index (χ0n) is 11.4. The Morgan fingerprint density at radius 1 is 1.32 bits per heavy atom. The summed E-state index contributed by atoms with van der Waals surface area (Å²) in [6.45, 7) is 4.79. The Morgan fingerprint density at radius 3 is 2.95 bits per heavy atom. The molecular formula is C13H22N4O2. The summed E-state index contributed by atoms with van der Waals surface area (Å²) in [7, 11) is 0. The van der Waals surface area contributed by atoms with E-state index in [0.29, 0.717) is 32.2 Å². The number of nitrogens with zero attached hydrogens (tertiary/aromatic N) is 2. The molecule has 3 unspecified atom stereocenters. The van der Waals surface area contributed by atoms with E-state index in [4.69, 9.17) is 0 Å². The monoisotopic (exact) mass is 266 g/mol. The first-order chi connectivity index (χ1) is 9.15. The molecular weight excluding hydrogens is 244 g/mol. The number of hydrogen-bond acceptors (Lipinski definition) is 3. The average Bonchev–Trinajstić information content (AvgIpc) is 2.79. The van der Waals surface area contributed by atoms with E-state index >= 15 is 0 Å². The van der Waals surface area contributed by atoms with Gasteiger partial charge in [0.1, 0.15) is 0 Å². The molecule has 3 rings (SSSR count). The van der Waals surface area contributed by atoms with Crippen molar-refractivity contribution in [2.24, 2.45) is 0 Å². The van der Waals surface area contributed by atoms with Gasteiger partial charge in [-0.25, -0.2) is 4.79 Å². The highest BCUT2D eigenvalue weighted by Gasteiger charge is 2.38. The van der Waals surface area contributed by atoms with E-state index in [0.717, 1.165) is 19.3 Å². The van der Waals surface area contributed by atoms with Crippen LogP contribution in [0.15, 0.2) is 0 Å². The van der Waals surface area contributed by atoms with E-state index in [9.17, 15) is 9.59 Å². The van der Waals surface area contributed by atoms with Crippen LogP contribution in [0.2, 0.25) is 0 Å². The van der Waals surface area contributed by atoms with Crippen LogP contribution in [0, 0.1) is 0 Å². The molecule has 0 spiro atoms. The van der Waals surface area contributed by atoms with Gasteiger partial charge >= 0.3 is 6.03 Å². The number of piperidine rings is 1. The summed E-state index contributed by atoms with van der Waals surface area (Å²) in [5.74, 6) is 0.213. The number of rotatable bonds is 1. The Labute approximate surface area is 113 Å². The second-order valence-electron chi connectivity index (χ2n) is 5.87. The third-order valence-corrected chi connectivity index (χ3v) is 4.46. The highest BCUT2D eigenvalue weighted by atomic mass is 16.2. The van der Waals surface area contributed by atoms with Gasteiger partial charge in [0.2, 0.25) is 5.91 Å². The molecule has 3 heterocycles. The molecule has 0 radical (unpaired) electrons. The number of piperazine rings is 1. The summed E-state index contributed by atoms with van der Waals surface area (Å²) < 4.78 is 0. The van der Waals surface area contributed by atoms with E-state index < -0.39 is 0 Å². The molecule has 3 aliphatic rings. The van der Waals surface area contributed by atoms with Crippen molar-refractivity contribution >= 4 is 11.9 Å². The molecule has 3 amide bonds. The molecule has 0 aromatic rings. The number of nitrogens with one attached hydrogen (secondary N) is 2. The van der Waals surface area contributed by atoms with Crippen molar-refractivity contribution in [2.75, 3.05) is 26.2 Å². The van der Waals surface area contributed by atoms with Gasteiger partial charge in [-0.3, -0.25) is 4.79 Å². The van der Waals surface area contributed by atoms with Crippen molar-refractivity contribution in [1.82, 2.24) is 20.4 Å². The third-order valence-electron chi connectivity index (χ3n) is 4.46. The number of amides is 3. The molecule has 6 heteroatoms. The van der Waals surface area contributed by atoms with Crippen molar-refractivity contribution in [2.45, 2.75) is 44.3 Å². The molecule has 3 atom stereocenters. The standard InChI is InChI=1S/C13H22N4O2/c1-9-3-2-4-11(15-9)12(18)16-5-6-17-10(8-16)7-14-13(17)19/h9-11,15H,2-8H2,1H3,(H,14,19). The minimum Gasteiger partial charge on any atom is -0.337 e. The van der Waals surface area contributed by atoms with Gasteiger partial charge in [0, 0.05) is 32.2 Å². The van der Waals surface area contributed by atoms with Crippen LogP contribution >= 0.6 is 0 Å². The maximum atomic E-state index is 12.5. The number of carbonyl (C=O) groups is 2. The minimum absolute atomic E-state index is 0.0153. The van der Waals surface area contributed by atoms with E-state index in [1.165, 1.54) is 0 Å². The number of carbonyl (C=O) groups excluding carboxylic acids is 2. The quantitative estimate of drug-likeness (QED) is 0.688. The Morgan fingerprint density at radius 2 is 2.16 bits per heavy atom. The van der Waals surface area contributed by atoms with Crippen LogP contribution < -0.4 is 10.6 Å². The van der Waals surface area contributed by atoms with Crippen molar-refractivity contribution in [1.29, 1.82) is 0 Å². The fourth-order valence-electron chi connectivity index (χ4n) is 3.36. The summed E-state index contributed by atoms with van der Waals surface area (Å²) in [5, 5.41) is 6.24.